The van der Waals surface area contributed by atoms with Crippen molar-refractivity contribution in [2.75, 3.05) is 6.26 Å². The summed E-state index contributed by atoms with van der Waals surface area (Å²) in [6.45, 7) is 5.19. The number of aromatic nitrogens is 3. The van der Waals surface area contributed by atoms with Gasteiger partial charge in [0.2, 0.25) is 0 Å². The number of hydrogen-bond acceptors (Lipinski definition) is 5. The summed E-state index contributed by atoms with van der Waals surface area (Å²) in [7, 11) is -1.65. The van der Waals surface area contributed by atoms with Crippen LogP contribution in [0.1, 0.15) is 48.1 Å². The van der Waals surface area contributed by atoms with Crippen molar-refractivity contribution in [2.24, 2.45) is 10.9 Å². The first-order valence-electron chi connectivity index (χ1n) is 11.8. The fourth-order valence-corrected chi connectivity index (χ4v) is 5.77. The average molecular weight is 593 g/mol. The second kappa shape index (κ2) is 11.5. The molecule has 1 saturated carbocycles. The minimum Gasteiger partial charge on any atom is -0.284 e. The second-order valence-electron chi connectivity index (χ2n) is 9.12. The zero-order chi connectivity index (χ0) is 28.6. The van der Waals surface area contributed by atoms with Crippen LogP contribution >= 0.6 is 23.2 Å². The normalized spacial score (nSPS) is 20.5. The van der Waals surface area contributed by atoms with Gasteiger partial charge in [-0.25, -0.2) is 13.9 Å². The fraction of sp³-hybridized carbons (Fsp3) is 0.259. The van der Waals surface area contributed by atoms with Gasteiger partial charge in [-0.3, -0.25) is 23.4 Å². The number of rotatable bonds is 7. The number of aryl methyl sites for hydroxylation is 1. The van der Waals surface area contributed by atoms with Crippen LogP contribution in [0.2, 0.25) is 10.2 Å². The van der Waals surface area contributed by atoms with E-state index in [1.54, 1.807) is 19.9 Å². The molecule has 0 amide bonds. The molecule has 4 unspecified atom stereocenters. The van der Waals surface area contributed by atoms with Gasteiger partial charge in [0.1, 0.15) is 21.7 Å². The molecule has 39 heavy (non-hydrogen) atoms. The molecule has 7 nitrogen and oxygen atoms in total. The molecular weight excluding hydrogens is 569 g/mol. The molecule has 0 aliphatic heterocycles. The molecule has 204 valence electrons. The van der Waals surface area contributed by atoms with Crippen molar-refractivity contribution in [1.29, 1.82) is 0 Å². The Morgan fingerprint density at radius 1 is 1.21 bits per heavy atom. The lowest BCUT2D eigenvalue weighted by molar-refractivity contribution is 0.591. The SMILES string of the molecule is C/C=C/N=C(/C(F)=C/n1c(C)cc(C2C(C)C2c2cc(Cl)n[nH]c2=O)c(Cl)c1=O)c1cccc(S(C)=O)c1F. The highest BCUT2D eigenvalue weighted by atomic mass is 35.5. The zero-order valence-electron chi connectivity index (χ0n) is 21.3. The molecule has 0 spiro atoms. The number of aromatic amines is 1. The molecule has 1 N–H and O–H groups in total. The van der Waals surface area contributed by atoms with E-state index in [0.29, 0.717) is 16.8 Å². The van der Waals surface area contributed by atoms with Gasteiger partial charge in [0.25, 0.3) is 11.1 Å². The van der Waals surface area contributed by atoms with E-state index in [0.717, 1.165) is 10.8 Å². The van der Waals surface area contributed by atoms with Crippen LogP contribution in [0.15, 0.2) is 67.9 Å². The van der Waals surface area contributed by atoms with E-state index in [9.17, 15) is 13.8 Å². The number of nitrogens with one attached hydrogen (secondary N) is 1. The van der Waals surface area contributed by atoms with Crippen molar-refractivity contribution in [3.8, 4) is 0 Å². The first-order valence-corrected chi connectivity index (χ1v) is 14.1. The summed E-state index contributed by atoms with van der Waals surface area (Å²) < 4.78 is 43.7. The molecule has 4 atom stereocenters. The second-order valence-corrected chi connectivity index (χ2v) is 11.2. The minimum atomic E-state index is -1.65. The summed E-state index contributed by atoms with van der Waals surface area (Å²) in [6, 6.07) is 7.27. The predicted molar refractivity (Wildman–Crippen MR) is 150 cm³/mol. The first kappa shape index (κ1) is 28.8. The van der Waals surface area contributed by atoms with Crippen LogP contribution in [0.4, 0.5) is 8.78 Å². The molecular formula is C27H24Cl2F2N4O3S. The van der Waals surface area contributed by atoms with Crippen molar-refractivity contribution >= 4 is 45.9 Å². The molecule has 0 bridgehead atoms. The Kier molecular flexibility index (Phi) is 8.48. The number of allylic oxidation sites excluding steroid dienone is 2. The summed E-state index contributed by atoms with van der Waals surface area (Å²) in [4.78, 5) is 29.5. The third-order valence-corrected chi connectivity index (χ3v) is 8.16. The van der Waals surface area contributed by atoms with Gasteiger partial charge in [-0.1, -0.05) is 42.3 Å². The number of H-pyrrole nitrogens is 1. The van der Waals surface area contributed by atoms with Gasteiger partial charge in [0.15, 0.2) is 5.83 Å². The van der Waals surface area contributed by atoms with Crippen LogP contribution < -0.4 is 11.1 Å². The van der Waals surface area contributed by atoms with Crippen LogP contribution in [0, 0.1) is 18.7 Å². The lowest BCUT2D eigenvalue weighted by atomic mass is 10.1. The molecule has 12 heteroatoms. The quantitative estimate of drug-likeness (QED) is 0.354. The first-order chi connectivity index (χ1) is 18.5. The lowest BCUT2D eigenvalue weighted by Gasteiger charge is -2.12. The Bertz CT molecular complexity index is 1700. The van der Waals surface area contributed by atoms with Gasteiger partial charge in [-0.05, 0) is 61.4 Å². The standard InChI is InChI=1S/C27H24Cl2F2N4O3S/c1-5-9-32-25(15-7-6-8-19(24(15)31)39(4)38)18(30)12-35-13(2)10-16(23(29)27(35)37)21-14(3)22(21)17-11-20(28)33-34-26(17)36/h5-12,14,21-22H,1-4H3,(H,34,36)/b9-5+,18-12-,32-25+. The summed E-state index contributed by atoms with van der Waals surface area (Å²) in [5, 5.41) is 6.06. The third kappa shape index (κ3) is 5.59. The molecule has 4 rings (SSSR count). The van der Waals surface area contributed by atoms with Crippen molar-refractivity contribution in [3.05, 3.63) is 108 Å². The number of nitrogens with zero attached hydrogens (tertiary/aromatic N) is 3. The van der Waals surface area contributed by atoms with Crippen molar-refractivity contribution < 1.29 is 13.0 Å². The van der Waals surface area contributed by atoms with Crippen LogP contribution in [0.5, 0.6) is 0 Å². The third-order valence-electron chi connectivity index (χ3n) is 6.65. The smallest absolute Gasteiger partial charge is 0.273 e. The van der Waals surface area contributed by atoms with E-state index in [4.69, 9.17) is 23.2 Å². The number of benzene rings is 1. The Morgan fingerprint density at radius 3 is 2.56 bits per heavy atom. The fourth-order valence-electron chi connectivity index (χ4n) is 4.71. The van der Waals surface area contributed by atoms with E-state index in [1.807, 2.05) is 6.92 Å². The van der Waals surface area contributed by atoms with Crippen molar-refractivity contribution in [1.82, 2.24) is 14.8 Å². The molecule has 1 aliphatic carbocycles. The van der Waals surface area contributed by atoms with Gasteiger partial charge < -0.3 is 0 Å². The van der Waals surface area contributed by atoms with Crippen molar-refractivity contribution in [2.45, 2.75) is 37.5 Å². The van der Waals surface area contributed by atoms with E-state index < -0.39 is 28.0 Å². The van der Waals surface area contributed by atoms with Crippen LogP contribution in [0.25, 0.3) is 6.20 Å². The highest BCUT2D eigenvalue weighted by molar-refractivity contribution is 7.84. The zero-order valence-corrected chi connectivity index (χ0v) is 23.7. The van der Waals surface area contributed by atoms with Crippen LogP contribution in [-0.4, -0.2) is 30.9 Å². The maximum atomic E-state index is 15.7. The summed E-state index contributed by atoms with van der Waals surface area (Å²) >= 11 is 12.5. The maximum Gasteiger partial charge on any atom is 0.273 e. The number of halogens is 4. The molecule has 3 aromatic rings. The maximum absolute atomic E-state index is 15.7. The number of pyridine rings is 1. The largest absolute Gasteiger partial charge is 0.284 e. The van der Waals surface area contributed by atoms with E-state index >= 15 is 8.78 Å². The van der Waals surface area contributed by atoms with E-state index in [2.05, 4.69) is 15.2 Å². The van der Waals surface area contributed by atoms with Gasteiger partial charge in [0.05, 0.1) is 21.9 Å². The summed E-state index contributed by atoms with van der Waals surface area (Å²) in [5.74, 6) is -2.35. The average Bonchev–Trinajstić information content (AvgIpc) is 3.56. The number of hydrogen-bond donors (Lipinski definition) is 1. The predicted octanol–water partition coefficient (Wildman–Crippen LogP) is 5.73. The number of aliphatic imine (C=N–C) groups is 1. The molecule has 2 aromatic heterocycles. The Balaban J connectivity index is 1.77. The topological polar surface area (TPSA) is 97.2 Å². The summed E-state index contributed by atoms with van der Waals surface area (Å²) in [6.07, 6.45) is 5.02. The Morgan fingerprint density at radius 2 is 1.90 bits per heavy atom. The van der Waals surface area contributed by atoms with Gasteiger partial charge in [-0.2, -0.15) is 5.10 Å². The van der Waals surface area contributed by atoms with Gasteiger partial charge in [-0.15, -0.1) is 0 Å². The van der Waals surface area contributed by atoms with E-state index in [-0.39, 0.29) is 49.7 Å². The monoisotopic (exact) mass is 592 g/mol. The van der Waals surface area contributed by atoms with Gasteiger partial charge in [0, 0.05) is 29.3 Å². The highest BCUT2D eigenvalue weighted by Gasteiger charge is 2.51. The lowest BCUT2D eigenvalue weighted by Crippen LogP contribution is -2.21. The van der Waals surface area contributed by atoms with Crippen molar-refractivity contribution in [3.63, 3.8) is 0 Å². The molecule has 0 saturated heterocycles. The summed E-state index contributed by atoms with van der Waals surface area (Å²) in [5.41, 5.74) is -0.313. The Hall–Kier alpha value is -3.21. The molecule has 1 aromatic carbocycles. The van der Waals surface area contributed by atoms with Crippen LogP contribution in [-0.2, 0) is 10.8 Å². The molecule has 1 aliphatic rings. The van der Waals surface area contributed by atoms with Gasteiger partial charge >= 0.3 is 0 Å². The molecule has 0 radical (unpaired) electrons. The molecule has 2 heterocycles. The van der Waals surface area contributed by atoms with Crippen LogP contribution in [0.3, 0.4) is 0 Å². The Labute approximate surface area is 235 Å². The van der Waals surface area contributed by atoms with E-state index in [1.165, 1.54) is 42.8 Å². The minimum absolute atomic E-state index is 0.0112. The highest BCUT2D eigenvalue weighted by Crippen LogP contribution is 2.60. The molecule has 1 fully saturated rings.